The molecule has 0 heterocycles. The lowest BCUT2D eigenvalue weighted by molar-refractivity contribution is -0.268. The number of carboxylic acid groups (broad SMARTS) is 1. The fourth-order valence-electron chi connectivity index (χ4n) is 1.73. The van der Waals surface area contributed by atoms with Crippen LogP contribution >= 0.6 is 0 Å². The largest absolute Gasteiger partial charge is 0.872 e. The van der Waals surface area contributed by atoms with Gasteiger partial charge in [0.2, 0.25) is 0 Å². The second kappa shape index (κ2) is 5.44. The first-order valence-corrected chi connectivity index (χ1v) is 5.86. The minimum Gasteiger partial charge on any atom is -0.872 e. The van der Waals surface area contributed by atoms with E-state index in [1.807, 2.05) is 0 Å². The molecule has 2 aromatic carbocycles. The summed E-state index contributed by atoms with van der Waals surface area (Å²) in [6, 6.07) is 8.64. The van der Waals surface area contributed by atoms with Crippen molar-refractivity contribution in [1.82, 2.24) is 0 Å². The Balaban J connectivity index is 2.41. The molecule has 2 N–H and O–H groups in total. The minimum atomic E-state index is -1.11. The quantitative estimate of drug-likeness (QED) is 0.836. The van der Waals surface area contributed by atoms with E-state index in [0.717, 1.165) is 5.56 Å². The van der Waals surface area contributed by atoms with Crippen LogP contribution in [0.4, 0.5) is 5.69 Å². The summed E-state index contributed by atoms with van der Waals surface area (Å²) in [5.74, 6) is -1.44. The molecule has 5 nitrogen and oxygen atoms in total. The summed E-state index contributed by atoms with van der Waals surface area (Å²) >= 11 is 0. The number of phenols is 1. The first-order chi connectivity index (χ1) is 9.49. The van der Waals surface area contributed by atoms with Crippen LogP contribution in [0.3, 0.4) is 0 Å². The number of hydrogen-bond donors (Lipinski definition) is 2. The smallest absolute Gasteiger partial charge is 0.335 e. The summed E-state index contributed by atoms with van der Waals surface area (Å²) in [6.07, 6.45) is 1.26. The topological polar surface area (TPSA) is 93.0 Å². The zero-order chi connectivity index (χ0) is 14.7. The summed E-state index contributed by atoms with van der Waals surface area (Å²) in [5.41, 5.74) is 1.28. The van der Waals surface area contributed by atoms with E-state index in [4.69, 9.17) is 5.11 Å². The molecule has 0 bridgehead atoms. The Kier molecular flexibility index (Phi) is 3.70. The third-order valence-electron chi connectivity index (χ3n) is 2.81. The molecule has 0 atom stereocenters. The molecule has 0 saturated carbocycles. The van der Waals surface area contributed by atoms with Crippen molar-refractivity contribution in [2.75, 3.05) is 0 Å². The molecule has 2 rings (SSSR count). The van der Waals surface area contributed by atoms with E-state index in [1.54, 1.807) is 19.1 Å². The van der Waals surface area contributed by atoms with Crippen molar-refractivity contribution < 1.29 is 20.1 Å². The van der Waals surface area contributed by atoms with Gasteiger partial charge in [0.25, 0.3) is 0 Å². The number of rotatable bonds is 3. The maximum atomic E-state index is 11.6. The number of aliphatic imine (C=N–C) groups is 1. The van der Waals surface area contributed by atoms with Crippen LogP contribution < -0.4 is 5.11 Å². The Morgan fingerprint density at radius 2 is 2.05 bits per heavy atom. The van der Waals surface area contributed by atoms with Crippen molar-refractivity contribution in [2.45, 2.75) is 6.92 Å². The Hall–Kier alpha value is -2.82. The lowest BCUT2D eigenvalue weighted by Crippen LogP contribution is -2.01. The van der Waals surface area contributed by atoms with Crippen LogP contribution in [0, 0.1) is 6.92 Å². The van der Waals surface area contributed by atoms with Crippen molar-refractivity contribution in [3.63, 3.8) is 0 Å². The molecular formula is C15H12NO4-. The van der Waals surface area contributed by atoms with Crippen LogP contribution in [-0.2, 0) is 0 Å². The molecule has 0 saturated heterocycles. The van der Waals surface area contributed by atoms with E-state index < -0.39 is 5.97 Å². The maximum absolute atomic E-state index is 11.6. The van der Waals surface area contributed by atoms with Gasteiger partial charge >= 0.3 is 5.97 Å². The van der Waals surface area contributed by atoms with Gasteiger partial charge in [0.1, 0.15) is 11.4 Å². The standard InChI is InChI=1S/C15H13NO4/c1-9-3-2-4-13(18)14(9)16-8-11-7-10(15(19)20)5-6-12(11)17/h2-8,17-18H,1H3,(H,19,20)/p-1. The zero-order valence-electron chi connectivity index (χ0n) is 10.7. The van der Waals surface area contributed by atoms with E-state index in [1.165, 1.54) is 30.5 Å². The van der Waals surface area contributed by atoms with Crippen LogP contribution in [0.25, 0.3) is 0 Å². The molecule has 0 aromatic heterocycles. The van der Waals surface area contributed by atoms with Gasteiger partial charge in [-0.15, -0.1) is 5.75 Å². The SMILES string of the molecule is Cc1cccc(O)c1N=Cc1cc(C(=O)O)ccc1[O-]. The van der Waals surface area contributed by atoms with Gasteiger partial charge < -0.3 is 15.3 Å². The second-order valence-electron chi connectivity index (χ2n) is 4.26. The van der Waals surface area contributed by atoms with Gasteiger partial charge in [-0.05, 0) is 36.2 Å². The molecule has 5 heteroatoms. The minimum absolute atomic E-state index is 0.00286. The van der Waals surface area contributed by atoms with Gasteiger partial charge in [0.05, 0.1) is 5.56 Å². The highest BCUT2D eigenvalue weighted by molar-refractivity contribution is 5.93. The number of hydrogen-bond acceptors (Lipinski definition) is 4. The Bertz CT molecular complexity index is 672. The first-order valence-electron chi connectivity index (χ1n) is 5.86. The lowest BCUT2D eigenvalue weighted by Gasteiger charge is -2.10. The van der Waals surface area contributed by atoms with Crippen LogP contribution in [0.2, 0.25) is 0 Å². The molecule has 0 spiro atoms. The first kappa shape index (κ1) is 13.6. The normalized spacial score (nSPS) is 10.8. The summed E-state index contributed by atoms with van der Waals surface area (Å²) in [7, 11) is 0. The molecule has 2 aromatic rings. The van der Waals surface area contributed by atoms with Gasteiger partial charge in [0.15, 0.2) is 0 Å². The molecule has 102 valence electrons. The Morgan fingerprint density at radius 1 is 1.30 bits per heavy atom. The van der Waals surface area contributed by atoms with E-state index in [-0.39, 0.29) is 22.6 Å². The van der Waals surface area contributed by atoms with Crippen LogP contribution in [0.1, 0.15) is 21.5 Å². The molecule has 0 amide bonds. The van der Waals surface area contributed by atoms with Gasteiger partial charge in [-0.3, -0.25) is 4.99 Å². The molecule has 0 fully saturated rings. The van der Waals surface area contributed by atoms with Crippen molar-refractivity contribution >= 4 is 17.9 Å². The van der Waals surface area contributed by atoms with Crippen molar-refractivity contribution in [3.05, 3.63) is 53.1 Å². The predicted molar refractivity (Wildman–Crippen MR) is 72.9 cm³/mol. The maximum Gasteiger partial charge on any atom is 0.335 e. The molecule has 0 radical (unpaired) electrons. The van der Waals surface area contributed by atoms with E-state index in [9.17, 15) is 15.0 Å². The van der Waals surface area contributed by atoms with Crippen LogP contribution in [-0.4, -0.2) is 22.4 Å². The number of aryl methyl sites for hydroxylation is 1. The van der Waals surface area contributed by atoms with Gasteiger partial charge in [-0.1, -0.05) is 18.2 Å². The lowest BCUT2D eigenvalue weighted by atomic mass is 10.1. The fourth-order valence-corrected chi connectivity index (χ4v) is 1.73. The molecule has 0 aliphatic carbocycles. The van der Waals surface area contributed by atoms with E-state index in [0.29, 0.717) is 5.69 Å². The fraction of sp³-hybridized carbons (Fsp3) is 0.0667. The van der Waals surface area contributed by atoms with Gasteiger partial charge in [0, 0.05) is 6.21 Å². The third kappa shape index (κ3) is 2.77. The number of phenolic OH excluding ortho intramolecular Hbond substituents is 1. The predicted octanol–water partition coefficient (Wildman–Crippen LogP) is 2.22. The molecule has 0 aliphatic rings. The average molecular weight is 270 g/mol. The molecular weight excluding hydrogens is 258 g/mol. The zero-order valence-corrected chi connectivity index (χ0v) is 10.7. The van der Waals surface area contributed by atoms with E-state index in [2.05, 4.69) is 4.99 Å². The Labute approximate surface area is 115 Å². The van der Waals surface area contributed by atoms with Crippen molar-refractivity contribution in [1.29, 1.82) is 0 Å². The van der Waals surface area contributed by atoms with E-state index >= 15 is 0 Å². The highest BCUT2D eigenvalue weighted by Crippen LogP contribution is 2.29. The summed E-state index contributed by atoms with van der Waals surface area (Å²) in [5, 5.41) is 30.2. The van der Waals surface area contributed by atoms with Crippen molar-refractivity contribution in [2.24, 2.45) is 4.99 Å². The molecule has 0 unspecified atom stereocenters. The number of para-hydroxylation sites is 1. The van der Waals surface area contributed by atoms with Crippen LogP contribution in [0.5, 0.6) is 11.5 Å². The Morgan fingerprint density at radius 3 is 2.70 bits per heavy atom. The number of aromatic hydroxyl groups is 1. The third-order valence-corrected chi connectivity index (χ3v) is 2.81. The van der Waals surface area contributed by atoms with Crippen LogP contribution in [0.15, 0.2) is 41.4 Å². The van der Waals surface area contributed by atoms with Gasteiger partial charge in [-0.25, -0.2) is 4.79 Å². The van der Waals surface area contributed by atoms with Crippen molar-refractivity contribution in [3.8, 4) is 11.5 Å². The summed E-state index contributed by atoms with van der Waals surface area (Å²) in [6.45, 7) is 1.78. The molecule has 0 aliphatic heterocycles. The summed E-state index contributed by atoms with van der Waals surface area (Å²) < 4.78 is 0. The second-order valence-corrected chi connectivity index (χ2v) is 4.26. The highest BCUT2D eigenvalue weighted by Gasteiger charge is 2.04. The number of carbonyl (C=O) groups is 1. The van der Waals surface area contributed by atoms with Gasteiger partial charge in [-0.2, -0.15) is 0 Å². The monoisotopic (exact) mass is 270 g/mol. The number of benzene rings is 2. The number of nitrogens with zero attached hydrogens (tertiary/aromatic N) is 1. The number of aromatic carboxylic acids is 1. The summed E-state index contributed by atoms with van der Waals surface area (Å²) in [4.78, 5) is 14.9. The highest BCUT2D eigenvalue weighted by atomic mass is 16.4. The average Bonchev–Trinajstić information content (AvgIpc) is 2.39. The number of carboxylic acids is 1. The molecule has 20 heavy (non-hydrogen) atoms.